The number of thiophene rings is 1. The molecule has 0 atom stereocenters. The molecule has 0 aliphatic heterocycles. The highest BCUT2D eigenvalue weighted by atomic mass is 32.1. The Morgan fingerprint density at radius 2 is 2.21 bits per heavy atom. The number of aliphatic hydroxyl groups excluding tert-OH is 1. The Morgan fingerprint density at radius 1 is 1.37 bits per heavy atom. The van der Waals surface area contributed by atoms with Crippen molar-refractivity contribution in [2.75, 3.05) is 13.2 Å². The number of rotatable bonds is 7. The van der Waals surface area contributed by atoms with Crippen molar-refractivity contribution in [1.82, 2.24) is 10.3 Å². The summed E-state index contributed by atoms with van der Waals surface area (Å²) in [6, 6.07) is 2.10. The normalized spacial score (nSPS) is 11.9. The Hall–Kier alpha value is -0.750. The van der Waals surface area contributed by atoms with Gasteiger partial charge in [0.1, 0.15) is 5.01 Å². The van der Waals surface area contributed by atoms with Crippen molar-refractivity contribution in [3.8, 4) is 10.6 Å². The van der Waals surface area contributed by atoms with Crippen LogP contribution in [0.2, 0.25) is 0 Å². The maximum absolute atomic E-state index is 8.99. The molecule has 2 aromatic heterocycles. The zero-order valence-electron chi connectivity index (χ0n) is 11.3. The van der Waals surface area contributed by atoms with Gasteiger partial charge in [-0.15, -0.1) is 11.3 Å². The van der Waals surface area contributed by atoms with Gasteiger partial charge in [-0.25, -0.2) is 4.98 Å². The summed E-state index contributed by atoms with van der Waals surface area (Å²) < 4.78 is 0. The molecule has 0 aliphatic rings. The molecule has 2 rings (SSSR count). The van der Waals surface area contributed by atoms with Crippen molar-refractivity contribution in [1.29, 1.82) is 0 Å². The second kappa shape index (κ2) is 6.61. The summed E-state index contributed by atoms with van der Waals surface area (Å²) in [5.74, 6) is 0. The SMILES string of the molecule is CC(C)(CCO)CNCc1csc(-c2ccsc2)n1. The Balaban J connectivity index is 1.84. The van der Waals surface area contributed by atoms with Gasteiger partial charge in [0.05, 0.1) is 5.69 Å². The third-order valence-electron chi connectivity index (χ3n) is 3.02. The molecule has 104 valence electrons. The first-order valence-electron chi connectivity index (χ1n) is 6.39. The van der Waals surface area contributed by atoms with E-state index in [0.29, 0.717) is 0 Å². The van der Waals surface area contributed by atoms with E-state index < -0.39 is 0 Å². The summed E-state index contributed by atoms with van der Waals surface area (Å²) in [5.41, 5.74) is 2.42. The predicted octanol–water partition coefficient (Wildman–Crippen LogP) is 3.37. The molecule has 2 N–H and O–H groups in total. The van der Waals surface area contributed by atoms with E-state index in [1.165, 1.54) is 5.56 Å². The van der Waals surface area contributed by atoms with Crippen LogP contribution < -0.4 is 5.32 Å². The second-order valence-corrected chi connectivity index (χ2v) is 7.04. The van der Waals surface area contributed by atoms with Gasteiger partial charge in [0.2, 0.25) is 0 Å². The first-order valence-corrected chi connectivity index (χ1v) is 8.21. The van der Waals surface area contributed by atoms with Crippen LogP contribution in [-0.4, -0.2) is 23.2 Å². The molecular formula is C14H20N2OS2. The molecule has 0 saturated carbocycles. The number of nitrogens with zero attached hydrogens (tertiary/aromatic N) is 1. The van der Waals surface area contributed by atoms with E-state index in [4.69, 9.17) is 5.11 Å². The van der Waals surface area contributed by atoms with Gasteiger partial charge in [0.25, 0.3) is 0 Å². The van der Waals surface area contributed by atoms with E-state index in [0.717, 1.165) is 30.2 Å². The van der Waals surface area contributed by atoms with Crippen LogP contribution in [0, 0.1) is 5.41 Å². The lowest BCUT2D eigenvalue weighted by Crippen LogP contribution is -2.29. The molecule has 0 spiro atoms. The second-order valence-electron chi connectivity index (χ2n) is 5.40. The number of nitrogens with one attached hydrogen (secondary N) is 1. The summed E-state index contributed by atoms with van der Waals surface area (Å²) in [4.78, 5) is 4.63. The van der Waals surface area contributed by atoms with E-state index in [-0.39, 0.29) is 12.0 Å². The zero-order valence-corrected chi connectivity index (χ0v) is 13.0. The van der Waals surface area contributed by atoms with Crippen molar-refractivity contribution >= 4 is 22.7 Å². The van der Waals surface area contributed by atoms with E-state index >= 15 is 0 Å². The lowest BCUT2D eigenvalue weighted by Gasteiger charge is -2.23. The zero-order chi connectivity index (χ0) is 13.7. The molecule has 0 aromatic carbocycles. The van der Waals surface area contributed by atoms with E-state index in [9.17, 15) is 0 Å². The number of aromatic nitrogens is 1. The minimum absolute atomic E-state index is 0.126. The molecular weight excluding hydrogens is 276 g/mol. The van der Waals surface area contributed by atoms with Crippen molar-refractivity contribution in [2.45, 2.75) is 26.8 Å². The fraction of sp³-hybridized carbons (Fsp3) is 0.500. The van der Waals surface area contributed by atoms with Crippen LogP contribution in [0.5, 0.6) is 0 Å². The van der Waals surface area contributed by atoms with Crippen molar-refractivity contribution in [3.05, 3.63) is 27.9 Å². The van der Waals surface area contributed by atoms with E-state index in [2.05, 4.69) is 46.4 Å². The average molecular weight is 296 g/mol. The first kappa shape index (κ1) is 14.7. The molecule has 0 aliphatic carbocycles. The van der Waals surface area contributed by atoms with Crippen LogP contribution in [0.4, 0.5) is 0 Å². The average Bonchev–Trinajstić information content (AvgIpc) is 2.98. The molecule has 0 saturated heterocycles. The molecule has 0 unspecified atom stereocenters. The molecule has 2 aromatic rings. The summed E-state index contributed by atoms with van der Waals surface area (Å²) in [5, 5.41) is 19.8. The van der Waals surface area contributed by atoms with Gasteiger partial charge in [0, 0.05) is 36.0 Å². The number of thiazole rings is 1. The van der Waals surface area contributed by atoms with Gasteiger partial charge in [-0.3, -0.25) is 0 Å². The molecule has 0 bridgehead atoms. The molecule has 2 heterocycles. The highest BCUT2D eigenvalue weighted by molar-refractivity contribution is 7.14. The van der Waals surface area contributed by atoms with Gasteiger partial charge < -0.3 is 10.4 Å². The van der Waals surface area contributed by atoms with Crippen LogP contribution in [-0.2, 0) is 6.54 Å². The Bertz CT molecular complexity index is 491. The van der Waals surface area contributed by atoms with E-state index in [1.807, 2.05) is 0 Å². The lowest BCUT2D eigenvalue weighted by molar-refractivity contribution is 0.207. The summed E-state index contributed by atoms with van der Waals surface area (Å²) in [6.07, 6.45) is 0.817. The monoisotopic (exact) mass is 296 g/mol. The minimum atomic E-state index is 0.126. The van der Waals surface area contributed by atoms with Gasteiger partial charge in [-0.1, -0.05) is 13.8 Å². The van der Waals surface area contributed by atoms with Crippen LogP contribution in [0.25, 0.3) is 10.6 Å². The molecule has 0 radical (unpaired) electrons. The molecule has 5 heteroatoms. The standard InChI is InChI=1S/C14H20N2OS2/c1-14(2,4-5-17)10-15-7-12-9-19-13(16-12)11-3-6-18-8-11/h3,6,8-9,15,17H,4-5,7,10H2,1-2H3. The molecule has 0 fully saturated rings. The lowest BCUT2D eigenvalue weighted by atomic mass is 9.90. The van der Waals surface area contributed by atoms with Gasteiger partial charge in [-0.05, 0) is 23.3 Å². The number of hydrogen-bond donors (Lipinski definition) is 2. The van der Waals surface area contributed by atoms with Gasteiger partial charge in [0.15, 0.2) is 0 Å². The Morgan fingerprint density at radius 3 is 2.89 bits per heavy atom. The Labute approximate surface area is 122 Å². The largest absolute Gasteiger partial charge is 0.396 e. The summed E-state index contributed by atoms with van der Waals surface area (Å²) in [6.45, 7) is 6.24. The van der Waals surface area contributed by atoms with Crippen molar-refractivity contribution in [2.24, 2.45) is 5.41 Å². The number of aliphatic hydroxyl groups is 1. The Kier molecular flexibility index (Phi) is 5.10. The van der Waals surface area contributed by atoms with Crippen molar-refractivity contribution < 1.29 is 5.11 Å². The minimum Gasteiger partial charge on any atom is -0.396 e. The van der Waals surface area contributed by atoms with Crippen LogP contribution >= 0.6 is 22.7 Å². The van der Waals surface area contributed by atoms with Crippen LogP contribution in [0.1, 0.15) is 26.0 Å². The highest BCUT2D eigenvalue weighted by Gasteiger charge is 2.16. The van der Waals surface area contributed by atoms with Crippen LogP contribution in [0.15, 0.2) is 22.2 Å². The third kappa shape index (κ3) is 4.38. The fourth-order valence-electron chi connectivity index (χ4n) is 1.83. The topological polar surface area (TPSA) is 45.1 Å². The summed E-state index contributed by atoms with van der Waals surface area (Å²) >= 11 is 3.39. The fourth-order valence-corrected chi connectivity index (χ4v) is 3.36. The molecule has 3 nitrogen and oxygen atoms in total. The van der Waals surface area contributed by atoms with E-state index in [1.54, 1.807) is 22.7 Å². The molecule has 19 heavy (non-hydrogen) atoms. The van der Waals surface area contributed by atoms with Crippen LogP contribution in [0.3, 0.4) is 0 Å². The van der Waals surface area contributed by atoms with Gasteiger partial charge in [-0.2, -0.15) is 11.3 Å². The van der Waals surface area contributed by atoms with Crippen molar-refractivity contribution in [3.63, 3.8) is 0 Å². The quantitative estimate of drug-likeness (QED) is 0.823. The maximum atomic E-state index is 8.99. The predicted molar refractivity (Wildman–Crippen MR) is 82.6 cm³/mol. The molecule has 0 amide bonds. The third-order valence-corrected chi connectivity index (χ3v) is 4.64. The maximum Gasteiger partial charge on any atom is 0.124 e. The first-order chi connectivity index (χ1) is 9.11. The highest BCUT2D eigenvalue weighted by Crippen LogP contribution is 2.25. The smallest absolute Gasteiger partial charge is 0.124 e. The number of hydrogen-bond acceptors (Lipinski definition) is 5. The summed E-state index contributed by atoms with van der Waals surface area (Å²) in [7, 11) is 0. The van der Waals surface area contributed by atoms with Gasteiger partial charge >= 0.3 is 0 Å².